The van der Waals surface area contributed by atoms with Crippen molar-refractivity contribution in [2.45, 2.75) is 38.5 Å². The van der Waals surface area contributed by atoms with Gasteiger partial charge in [0.05, 0.1) is 12.3 Å². The Hall–Kier alpha value is -2.08. The first-order chi connectivity index (χ1) is 12.2. The SMILES string of the molecule is CN(CCCOc1ccccc1)C(=O)Nc1nc2c(s1)CCCCC2. The number of para-hydroxylation sites is 1. The van der Waals surface area contributed by atoms with Crippen LogP contribution < -0.4 is 10.1 Å². The van der Waals surface area contributed by atoms with E-state index in [2.05, 4.69) is 10.3 Å². The molecule has 1 aliphatic carbocycles. The summed E-state index contributed by atoms with van der Waals surface area (Å²) in [6.45, 7) is 1.23. The van der Waals surface area contributed by atoms with Crippen molar-refractivity contribution < 1.29 is 9.53 Å². The molecule has 0 spiro atoms. The number of benzene rings is 1. The number of aromatic nitrogens is 1. The molecule has 2 amide bonds. The molecule has 5 nitrogen and oxygen atoms in total. The fraction of sp³-hybridized carbons (Fsp3) is 0.474. The Balaban J connectivity index is 1.41. The average Bonchev–Trinajstić information content (AvgIpc) is 2.87. The van der Waals surface area contributed by atoms with Crippen molar-refractivity contribution in [3.63, 3.8) is 0 Å². The maximum atomic E-state index is 12.3. The number of aryl methyl sites for hydroxylation is 2. The lowest BCUT2D eigenvalue weighted by atomic mass is 10.2. The number of rotatable bonds is 6. The third kappa shape index (κ3) is 5.19. The minimum atomic E-state index is -0.108. The molecule has 1 N–H and O–H groups in total. The van der Waals surface area contributed by atoms with E-state index in [9.17, 15) is 4.79 Å². The summed E-state index contributed by atoms with van der Waals surface area (Å²) in [7, 11) is 1.80. The highest BCUT2D eigenvalue weighted by atomic mass is 32.1. The van der Waals surface area contributed by atoms with E-state index in [1.807, 2.05) is 30.3 Å². The van der Waals surface area contributed by atoms with Gasteiger partial charge in [-0.3, -0.25) is 5.32 Å². The molecule has 6 heteroatoms. The molecule has 3 rings (SSSR count). The zero-order chi connectivity index (χ0) is 17.5. The van der Waals surface area contributed by atoms with Gasteiger partial charge in [0, 0.05) is 18.5 Å². The van der Waals surface area contributed by atoms with Crippen molar-refractivity contribution in [1.29, 1.82) is 0 Å². The fourth-order valence-electron chi connectivity index (χ4n) is 2.88. The van der Waals surface area contributed by atoms with E-state index in [0.717, 1.165) is 30.1 Å². The second-order valence-electron chi connectivity index (χ2n) is 6.32. The quantitative estimate of drug-likeness (QED) is 0.616. The van der Waals surface area contributed by atoms with Crippen LogP contribution in [-0.4, -0.2) is 36.1 Å². The summed E-state index contributed by atoms with van der Waals surface area (Å²) >= 11 is 1.63. The van der Waals surface area contributed by atoms with Crippen LogP contribution in [0.15, 0.2) is 30.3 Å². The summed E-state index contributed by atoms with van der Waals surface area (Å²) in [6, 6.07) is 9.62. The van der Waals surface area contributed by atoms with Crippen molar-refractivity contribution >= 4 is 22.5 Å². The number of urea groups is 1. The standard InChI is InChI=1S/C19H25N3O2S/c1-22(13-8-14-24-15-9-4-2-5-10-15)19(23)21-18-20-16-11-6-3-7-12-17(16)25-18/h2,4-5,9-10H,3,6-8,11-14H2,1H3,(H,20,21,23). The van der Waals surface area contributed by atoms with Gasteiger partial charge in [0.2, 0.25) is 0 Å². The number of thiazole rings is 1. The van der Waals surface area contributed by atoms with E-state index in [4.69, 9.17) is 4.74 Å². The van der Waals surface area contributed by atoms with Crippen molar-refractivity contribution in [2.24, 2.45) is 0 Å². The third-order valence-corrected chi connectivity index (χ3v) is 5.38. The largest absolute Gasteiger partial charge is 0.494 e. The maximum absolute atomic E-state index is 12.3. The summed E-state index contributed by atoms with van der Waals surface area (Å²) < 4.78 is 5.65. The lowest BCUT2D eigenvalue weighted by Gasteiger charge is -2.17. The Bertz CT molecular complexity index is 664. The fourth-order valence-corrected chi connectivity index (χ4v) is 3.92. The van der Waals surface area contributed by atoms with Gasteiger partial charge in [0.15, 0.2) is 5.13 Å². The van der Waals surface area contributed by atoms with Crippen molar-refractivity contribution in [3.05, 3.63) is 40.9 Å². The van der Waals surface area contributed by atoms with Gasteiger partial charge in [-0.05, 0) is 44.2 Å². The van der Waals surface area contributed by atoms with Crippen molar-refractivity contribution in [1.82, 2.24) is 9.88 Å². The molecule has 1 heterocycles. The van der Waals surface area contributed by atoms with E-state index in [1.165, 1.54) is 29.8 Å². The van der Waals surface area contributed by atoms with Gasteiger partial charge in [0.1, 0.15) is 5.75 Å². The van der Waals surface area contributed by atoms with Gasteiger partial charge >= 0.3 is 6.03 Å². The number of nitrogens with one attached hydrogen (secondary N) is 1. The zero-order valence-electron chi connectivity index (χ0n) is 14.7. The minimum absolute atomic E-state index is 0.108. The number of nitrogens with zero attached hydrogens (tertiary/aromatic N) is 2. The molecule has 2 aromatic rings. The maximum Gasteiger partial charge on any atom is 0.323 e. The molecule has 0 radical (unpaired) electrons. The molecule has 0 unspecified atom stereocenters. The number of fused-ring (bicyclic) bond motifs is 1. The van der Waals surface area contributed by atoms with Crippen LogP contribution in [0.3, 0.4) is 0 Å². The number of ether oxygens (including phenoxy) is 1. The summed E-state index contributed by atoms with van der Waals surface area (Å²) in [5.74, 6) is 0.860. The highest BCUT2D eigenvalue weighted by Crippen LogP contribution is 2.29. The third-order valence-electron chi connectivity index (χ3n) is 4.31. The van der Waals surface area contributed by atoms with Crippen LogP contribution in [-0.2, 0) is 12.8 Å². The minimum Gasteiger partial charge on any atom is -0.494 e. The summed E-state index contributed by atoms with van der Waals surface area (Å²) in [5.41, 5.74) is 1.18. The summed E-state index contributed by atoms with van der Waals surface area (Å²) in [4.78, 5) is 19.9. The monoisotopic (exact) mass is 359 g/mol. The molecule has 0 fully saturated rings. The van der Waals surface area contributed by atoms with Gasteiger partial charge in [0.25, 0.3) is 0 Å². The van der Waals surface area contributed by atoms with Crippen LogP contribution in [0.2, 0.25) is 0 Å². The molecule has 25 heavy (non-hydrogen) atoms. The van der Waals surface area contributed by atoms with E-state index in [-0.39, 0.29) is 6.03 Å². The Labute approximate surface area is 153 Å². The number of amides is 2. The number of hydrogen-bond donors (Lipinski definition) is 1. The number of carbonyl (C=O) groups is 1. The Kier molecular flexibility index (Phi) is 6.28. The summed E-state index contributed by atoms with van der Waals surface area (Å²) in [5, 5.41) is 3.66. The van der Waals surface area contributed by atoms with Gasteiger partial charge in [-0.1, -0.05) is 24.6 Å². The predicted molar refractivity (Wildman–Crippen MR) is 102 cm³/mol. The summed E-state index contributed by atoms with van der Waals surface area (Å²) in [6.07, 6.45) is 6.62. The van der Waals surface area contributed by atoms with Crippen LogP contribution in [0.4, 0.5) is 9.93 Å². The van der Waals surface area contributed by atoms with Crippen LogP contribution >= 0.6 is 11.3 Å². The van der Waals surface area contributed by atoms with Crippen LogP contribution in [0.25, 0.3) is 0 Å². The molecular formula is C19H25N3O2S. The van der Waals surface area contributed by atoms with Crippen molar-refractivity contribution in [2.75, 3.05) is 25.5 Å². The molecule has 0 bridgehead atoms. The Morgan fingerprint density at radius 3 is 2.88 bits per heavy atom. The van der Waals surface area contributed by atoms with Crippen LogP contribution in [0, 0.1) is 0 Å². The normalized spacial score (nSPS) is 13.6. The molecule has 0 aliphatic heterocycles. The van der Waals surface area contributed by atoms with Crippen LogP contribution in [0.5, 0.6) is 5.75 Å². The van der Waals surface area contributed by atoms with E-state index < -0.39 is 0 Å². The van der Waals surface area contributed by atoms with E-state index >= 15 is 0 Å². The Morgan fingerprint density at radius 1 is 1.24 bits per heavy atom. The molecule has 1 aromatic carbocycles. The molecular weight excluding hydrogens is 334 g/mol. The highest BCUT2D eigenvalue weighted by Gasteiger charge is 2.16. The van der Waals surface area contributed by atoms with E-state index in [1.54, 1.807) is 23.3 Å². The molecule has 134 valence electrons. The smallest absolute Gasteiger partial charge is 0.323 e. The topological polar surface area (TPSA) is 54.5 Å². The molecule has 0 saturated carbocycles. The van der Waals surface area contributed by atoms with Gasteiger partial charge in [-0.25, -0.2) is 9.78 Å². The lowest BCUT2D eigenvalue weighted by molar-refractivity contribution is 0.216. The highest BCUT2D eigenvalue weighted by molar-refractivity contribution is 7.15. The number of carbonyl (C=O) groups excluding carboxylic acids is 1. The van der Waals surface area contributed by atoms with E-state index in [0.29, 0.717) is 13.2 Å². The molecule has 1 aliphatic rings. The number of hydrogen-bond acceptors (Lipinski definition) is 4. The van der Waals surface area contributed by atoms with Gasteiger partial charge in [-0.15, -0.1) is 11.3 Å². The zero-order valence-corrected chi connectivity index (χ0v) is 15.5. The van der Waals surface area contributed by atoms with Gasteiger partial charge < -0.3 is 9.64 Å². The Morgan fingerprint density at radius 2 is 2.04 bits per heavy atom. The molecule has 0 atom stereocenters. The first-order valence-electron chi connectivity index (χ1n) is 8.91. The molecule has 1 aromatic heterocycles. The van der Waals surface area contributed by atoms with Crippen LogP contribution in [0.1, 0.15) is 36.3 Å². The second kappa shape index (κ2) is 8.85. The first-order valence-corrected chi connectivity index (χ1v) is 9.72. The average molecular weight is 359 g/mol. The lowest BCUT2D eigenvalue weighted by Crippen LogP contribution is -2.32. The van der Waals surface area contributed by atoms with Crippen molar-refractivity contribution in [3.8, 4) is 5.75 Å². The second-order valence-corrected chi connectivity index (χ2v) is 7.40. The number of anilines is 1. The van der Waals surface area contributed by atoms with Gasteiger partial charge in [-0.2, -0.15) is 0 Å². The molecule has 0 saturated heterocycles. The first kappa shape index (κ1) is 17.7. The predicted octanol–water partition coefficient (Wildman–Crippen LogP) is 4.34.